The van der Waals surface area contributed by atoms with Crippen molar-refractivity contribution in [2.24, 2.45) is 5.73 Å². The molecule has 0 spiro atoms. The van der Waals surface area contributed by atoms with Gasteiger partial charge in [-0.25, -0.2) is 14.8 Å². The first-order chi connectivity index (χ1) is 9.58. The molecule has 1 aliphatic heterocycles. The van der Waals surface area contributed by atoms with Crippen molar-refractivity contribution in [3.63, 3.8) is 0 Å². The van der Waals surface area contributed by atoms with Gasteiger partial charge >= 0.3 is 6.03 Å². The van der Waals surface area contributed by atoms with E-state index in [0.717, 1.165) is 13.0 Å². The number of nitrogens with two attached hydrogens (primary N) is 2. The highest BCUT2D eigenvalue weighted by Gasteiger charge is 2.20. The highest BCUT2D eigenvalue weighted by atomic mass is 16.2. The first kappa shape index (κ1) is 14.0. The number of aromatic nitrogens is 2. The second kappa shape index (κ2) is 6.18. The fourth-order valence-corrected chi connectivity index (χ4v) is 2.21. The summed E-state index contributed by atoms with van der Waals surface area (Å²) in [7, 11) is 0. The van der Waals surface area contributed by atoms with Crippen LogP contribution in [0.1, 0.15) is 19.3 Å². The van der Waals surface area contributed by atoms with E-state index in [-0.39, 0.29) is 11.7 Å². The van der Waals surface area contributed by atoms with Crippen LogP contribution in [0, 0.1) is 0 Å². The van der Waals surface area contributed by atoms with Gasteiger partial charge in [-0.3, -0.25) is 9.69 Å². The number of rotatable bonds is 5. The van der Waals surface area contributed by atoms with Gasteiger partial charge in [0.2, 0.25) is 5.91 Å². The first-order valence-electron chi connectivity index (χ1n) is 6.50. The Kier molecular flexibility index (Phi) is 4.34. The fourth-order valence-electron chi connectivity index (χ4n) is 2.21. The number of anilines is 2. The lowest BCUT2D eigenvalue weighted by Crippen LogP contribution is -2.38. The van der Waals surface area contributed by atoms with Crippen molar-refractivity contribution in [2.45, 2.75) is 19.3 Å². The van der Waals surface area contributed by atoms with E-state index in [1.807, 2.05) is 0 Å². The predicted octanol–water partition coefficient (Wildman–Crippen LogP) is -0.0436. The second-order valence-corrected chi connectivity index (χ2v) is 4.63. The number of primary amides is 1. The summed E-state index contributed by atoms with van der Waals surface area (Å²) in [5.74, 6) is 0.815. The van der Waals surface area contributed by atoms with Crippen LogP contribution >= 0.6 is 0 Å². The van der Waals surface area contributed by atoms with Gasteiger partial charge in [0, 0.05) is 32.1 Å². The third kappa shape index (κ3) is 3.34. The maximum atomic E-state index is 11.5. The number of urea groups is 1. The largest absolute Gasteiger partial charge is 0.384 e. The van der Waals surface area contributed by atoms with E-state index in [1.54, 1.807) is 4.90 Å². The smallest absolute Gasteiger partial charge is 0.320 e. The van der Waals surface area contributed by atoms with Crippen LogP contribution in [0.2, 0.25) is 0 Å². The molecule has 8 nitrogen and oxygen atoms in total. The Hall–Kier alpha value is -2.38. The summed E-state index contributed by atoms with van der Waals surface area (Å²) in [6.45, 7) is 1.79. The third-order valence-electron chi connectivity index (χ3n) is 3.20. The summed E-state index contributed by atoms with van der Waals surface area (Å²) in [4.78, 5) is 33.8. The second-order valence-electron chi connectivity index (χ2n) is 4.63. The number of hydrogen-bond donors (Lipinski definition) is 2. The van der Waals surface area contributed by atoms with Crippen molar-refractivity contribution in [3.05, 3.63) is 12.4 Å². The molecule has 1 fully saturated rings. The molecule has 0 saturated carbocycles. The first-order valence-corrected chi connectivity index (χ1v) is 6.50. The van der Waals surface area contributed by atoms with Crippen molar-refractivity contribution < 1.29 is 9.59 Å². The Labute approximate surface area is 116 Å². The molecule has 3 amide bonds. The van der Waals surface area contributed by atoms with Crippen LogP contribution < -0.4 is 16.4 Å². The Bertz CT molecular complexity index is 506. The number of hydrogen-bond acceptors (Lipinski definition) is 5. The molecule has 2 heterocycles. The summed E-state index contributed by atoms with van der Waals surface area (Å²) >= 11 is 0. The topological polar surface area (TPSA) is 118 Å². The van der Waals surface area contributed by atoms with E-state index in [4.69, 9.17) is 11.5 Å². The van der Waals surface area contributed by atoms with Crippen molar-refractivity contribution in [2.75, 3.05) is 30.3 Å². The molecule has 0 bridgehead atoms. The molecule has 4 N–H and O–H groups in total. The van der Waals surface area contributed by atoms with Gasteiger partial charge in [0.25, 0.3) is 0 Å². The standard InChI is InChI=1S/C12H18N6O2/c13-9-7-10(16-8-15-9)18(12(14)20)6-2-5-17-4-1-3-11(17)19/h7-8H,1-6H2,(H2,14,20)(H2,13,15,16). The lowest BCUT2D eigenvalue weighted by atomic mass is 10.3. The molecule has 1 aromatic rings. The van der Waals surface area contributed by atoms with Crippen molar-refractivity contribution in [3.8, 4) is 0 Å². The van der Waals surface area contributed by atoms with Crippen LogP contribution in [0.25, 0.3) is 0 Å². The highest BCUT2D eigenvalue weighted by molar-refractivity contribution is 5.89. The molecule has 0 unspecified atom stereocenters. The van der Waals surface area contributed by atoms with E-state index in [0.29, 0.717) is 31.7 Å². The van der Waals surface area contributed by atoms with Crippen LogP contribution in [-0.2, 0) is 4.79 Å². The maximum Gasteiger partial charge on any atom is 0.320 e. The number of nitrogen functional groups attached to an aromatic ring is 1. The molecular formula is C12H18N6O2. The molecule has 108 valence electrons. The minimum Gasteiger partial charge on any atom is -0.384 e. The van der Waals surface area contributed by atoms with Crippen LogP contribution in [0.15, 0.2) is 12.4 Å². The number of carbonyl (C=O) groups excluding carboxylic acids is 2. The Morgan fingerprint density at radius 2 is 2.25 bits per heavy atom. The Morgan fingerprint density at radius 1 is 1.45 bits per heavy atom. The van der Waals surface area contributed by atoms with Gasteiger partial charge in [0.05, 0.1) is 0 Å². The molecule has 0 aliphatic carbocycles. The maximum absolute atomic E-state index is 11.5. The number of likely N-dealkylation sites (tertiary alicyclic amines) is 1. The quantitative estimate of drug-likeness (QED) is 0.783. The lowest BCUT2D eigenvalue weighted by Gasteiger charge is -2.21. The van der Waals surface area contributed by atoms with Crippen LogP contribution in [-0.4, -0.2) is 46.4 Å². The minimum atomic E-state index is -0.601. The van der Waals surface area contributed by atoms with Gasteiger partial charge in [0.15, 0.2) is 0 Å². The predicted molar refractivity (Wildman–Crippen MR) is 73.8 cm³/mol. The number of amides is 3. The summed E-state index contributed by atoms with van der Waals surface area (Å²) in [6, 6.07) is 0.891. The zero-order valence-corrected chi connectivity index (χ0v) is 11.2. The highest BCUT2D eigenvalue weighted by Crippen LogP contribution is 2.14. The number of carbonyl (C=O) groups is 2. The molecule has 0 atom stereocenters. The van der Waals surface area contributed by atoms with Crippen molar-refractivity contribution in [1.82, 2.24) is 14.9 Å². The summed E-state index contributed by atoms with van der Waals surface area (Å²) < 4.78 is 0. The van der Waals surface area contributed by atoms with Crippen LogP contribution in [0.5, 0.6) is 0 Å². The lowest BCUT2D eigenvalue weighted by molar-refractivity contribution is -0.127. The Balaban J connectivity index is 1.93. The van der Waals surface area contributed by atoms with E-state index in [9.17, 15) is 9.59 Å². The number of nitrogens with zero attached hydrogens (tertiary/aromatic N) is 4. The van der Waals surface area contributed by atoms with Crippen molar-refractivity contribution >= 4 is 23.6 Å². The average Bonchev–Trinajstić information content (AvgIpc) is 2.80. The van der Waals surface area contributed by atoms with Gasteiger partial charge in [-0.15, -0.1) is 0 Å². The molecule has 1 saturated heterocycles. The van der Waals surface area contributed by atoms with Gasteiger partial charge in [0.1, 0.15) is 18.0 Å². The molecule has 20 heavy (non-hydrogen) atoms. The zero-order valence-electron chi connectivity index (χ0n) is 11.2. The monoisotopic (exact) mass is 278 g/mol. The van der Waals surface area contributed by atoms with E-state index >= 15 is 0 Å². The molecule has 1 aromatic heterocycles. The minimum absolute atomic E-state index is 0.168. The SMILES string of the molecule is NC(=O)N(CCCN1CCCC1=O)c1cc(N)ncn1. The normalized spacial score (nSPS) is 14.6. The van der Waals surface area contributed by atoms with E-state index < -0.39 is 6.03 Å². The van der Waals surface area contributed by atoms with Crippen molar-refractivity contribution in [1.29, 1.82) is 0 Å². The third-order valence-corrected chi connectivity index (χ3v) is 3.20. The molecule has 1 aliphatic rings. The molecule has 0 radical (unpaired) electrons. The molecule has 8 heteroatoms. The Morgan fingerprint density at radius 3 is 2.85 bits per heavy atom. The van der Waals surface area contributed by atoms with Crippen LogP contribution in [0.3, 0.4) is 0 Å². The van der Waals surface area contributed by atoms with Gasteiger partial charge < -0.3 is 16.4 Å². The summed E-state index contributed by atoms with van der Waals surface area (Å²) in [5, 5.41) is 0. The fraction of sp³-hybridized carbons (Fsp3) is 0.500. The molecule has 2 rings (SSSR count). The summed E-state index contributed by atoms with van der Waals surface area (Å²) in [6.07, 6.45) is 3.44. The molecule has 0 aromatic carbocycles. The summed E-state index contributed by atoms with van der Waals surface area (Å²) in [5.41, 5.74) is 10.9. The van der Waals surface area contributed by atoms with Gasteiger partial charge in [-0.2, -0.15) is 0 Å². The zero-order chi connectivity index (χ0) is 14.5. The van der Waals surface area contributed by atoms with Gasteiger partial charge in [-0.1, -0.05) is 0 Å². The molecular weight excluding hydrogens is 260 g/mol. The van der Waals surface area contributed by atoms with Crippen LogP contribution in [0.4, 0.5) is 16.4 Å². The van der Waals surface area contributed by atoms with E-state index in [1.165, 1.54) is 17.3 Å². The van der Waals surface area contributed by atoms with Gasteiger partial charge in [-0.05, 0) is 12.8 Å². The average molecular weight is 278 g/mol. The van der Waals surface area contributed by atoms with E-state index in [2.05, 4.69) is 9.97 Å².